The predicted octanol–water partition coefficient (Wildman–Crippen LogP) is -0.297. The Labute approximate surface area is 166 Å². The molecule has 3 rings (SSSR count). The van der Waals surface area contributed by atoms with Gasteiger partial charge in [0, 0.05) is 6.54 Å². The zero-order chi connectivity index (χ0) is 21.1. The topological polar surface area (TPSA) is 173 Å². The van der Waals surface area contributed by atoms with Gasteiger partial charge in [-0.3, -0.25) is 14.9 Å². The van der Waals surface area contributed by atoms with Crippen LogP contribution in [0.1, 0.15) is 27.2 Å². The van der Waals surface area contributed by atoms with Crippen molar-refractivity contribution in [2.24, 2.45) is 11.7 Å². The van der Waals surface area contributed by atoms with Crippen molar-refractivity contribution in [3.8, 4) is 11.5 Å². The maximum absolute atomic E-state index is 12.1. The Morgan fingerprint density at radius 3 is 2.72 bits per heavy atom. The van der Waals surface area contributed by atoms with Gasteiger partial charge in [-0.15, -0.1) is 5.10 Å². The van der Waals surface area contributed by atoms with Crippen LogP contribution >= 0.6 is 0 Å². The van der Waals surface area contributed by atoms with Gasteiger partial charge in [0.05, 0.1) is 12.2 Å². The number of anilines is 1. The number of aromatic nitrogens is 7. The monoisotopic (exact) mass is 400 g/mol. The molecule has 2 amide bonds. The van der Waals surface area contributed by atoms with Gasteiger partial charge in [0.15, 0.2) is 22.8 Å². The highest BCUT2D eigenvalue weighted by molar-refractivity contribution is 5.97. The second kappa shape index (κ2) is 8.31. The molecule has 29 heavy (non-hydrogen) atoms. The van der Waals surface area contributed by atoms with Crippen LogP contribution in [0.3, 0.4) is 0 Å². The van der Waals surface area contributed by atoms with Crippen LogP contribution in [-0.4, -0.2) is 52.4 Å². The molecule has 0 unspecified atom stereocenters. The number of nitrogen functional groups attached to an aromatic ring is 1. The quantitative estimate of drug-likeness (QED) is 0.481. The zero-order valence-electron chi connectivity index (χ0n) is 16.5. The maximum Gasteiger partial charge on any atom is 0.248 e. The first-order valence-electron chi connectivity index (χ1n) is 9.26. The van der Waals surface area contributed by atoms with E-state index in [0.717, 1.165) is 0 Å². The van der Waals surface area contributed by atoms with Gasteiger partial charge in [-0.1, -0.05) is 19.1 Å². The number of rotatable bonds is 7. The average molecular weight is 400 g/mol. The van der Waals surface area contributed by atoms with Crippen LogP contribution < -0.4 is 16.8 Å². The summed E-state index contributed by atoms with van der Waals surface area (Å²) < 4.78 is 3.15. The van der Waals surface area contributed by atoms with Gasteiger partial charge in [0.1, 0.15) is 18.6 Å². The van der Waals surface area contributed by atoms with Crippen LogP contribution in [0.4, 0.5) is 5.82 Å². The summed E-state index contributed by atoms with van der Waals surface area (Å²) in [5, 5.41) is 10.3. The van der Waals surface area contributed by atoms with Crippen LogP contribution in [0.5, 0.6) is 0 Å². The third-order valence-electron chi connectivity index (χ3n) is 4.27. The van der Waals surface area contributed by atoms with Gasteiger partial charge in [-0.25, -0.2) is 19.6 Å². The fourth-order valence-electron chi connectivity index (χ4n) is 2.96. The van der Waals surface area contributed by atoms with E-state index in [1.54, 1.807) is 6.20 Å². The van der Waals surface area contributed by atoms with Crippen molar-refractivity contribution in [3.63, 3.8) is 0 Å². The molecule has 0 spiro atoms. The molecule has 0 radical (unpaired) electrons. The number of hydrogen-bond acceptors (Lipinski definition) is 9. The highest BCUT2D eigenvalue weighted by Crippen LogP contribution is 2.24. The Balaban J connectivity index is 1.75. The number of nitrogens with two attached hydrogens (primary N) is 2. The molecule has 3 aromatic rings. The molecule has 154 valence electrons. The normalized spacial score (nSPS) is 12.4. The molecule has 0 fully saturated rings. The third kappa shape index (κ3) is 4.37. The molecule has 3 heterocycles. The van der Waals surface area contributed by atoms with Crippen molar-refractivity contribution < 1.29 is 9.59 Å². The fourth-order valence-corrected chi connectivity index (χ4v) is 2.96. The Morgan fingerprint density at radius 1 is 1.28 bits per heavy atom. The fraction of sp³-hybridized carbons (Fsp3) is 0.471. The van der Waals surface area contributed by atoms with E-state index in [4.69, 9.17) is 11.5 Å². The Bertz CT molecular complexity index is 1040. The molecule has 0 saturated heterocycles. The third-order valence-corrected chi connectivity index (χ3v) is 4.27. The minimum absolute atomic E-state index is 0.179. The van der Waals surface area contributed by atoms with E-state index in [1.165, 1.54) is 11.0 Å². The minimum Gasteiger partial charge on any atom is -0.382 e. The van der Waals surface area contributed by atoms with Gasteiger partial charge in [0.2, 0.25) is 11.8 Å². The first-order chi connectivity index (χ1) is 13.8. The summed E-state index contributed by atoms with van der Waals surface area (Å²) in [6.45, 7) is 6.25. The number of carbonyl (C=O) groups excluding carboxylic acids is 2. The lowest BCUT2D eigenvalue weighted by Crippen LogP contribution is -2.45. The van der Waals surface area contributed by atoms with Crippen molar-refractivity contribution >= 4 is 28.8 Å². The molecule has 0 saturated carbocycles. The maximum atomic E-state index is 12.1. The molecule has 0 aliphatic rings. The van der Waals surface area contributed by atoms with Crippen LogP contribution in [0.15, 0.2) is 12.5 Å². The van der Waals surface area contributed by atoms with E-state index >= 15 is 0 Å². The molecule has 3 aromatic heterocycles. The molecule has 0 aliphatic carbocycles. The smallest absolute Gasteiger partial charge is 0.248 e. The van der Waals surface area contributed by atoms with Gasteiger partial charge < -0.3 is 16.0 Å². The molecule has 12 nitrogen and oxygen atoms in total. The molecule has 0 aromatic carbocycles. The summed E-state index contributed by atoms with van der Waals surface area (Å²) in [7, 11) is 0. The summed E-state index contributed by atoms with van der Waals surface area (Å²) in [5.41, 5.74) is 13.2. The van der Waals surface area contributed by atoms with Crippen LogP contribution in [0.2, 0.25) is 0 Å². The van der Waals surface area contributed by atoms with Crippen LogP contribution in [0.25, 0.3) is 22.7 Å². The van der Waals surface area contributed by atoms with Gasteiger partial charge in [-0.2, -0.15) is 0 Å². The molecule has 0 aliphatic heterocycles. The lowest BCUT2D eigenvalue weighted by atomic mass is 10.0. The number of carbonyl (C=O) groups is 2. The Hall–Kier alpha value is -3.41. The van der Waals surface area contributed by atoms with E-state index in [-0.39, 0.29) is 18.3 Å². The van der Waals surface area contributed by atoms with Gasteiger partial charge in [0.25, 0.3) is 0 Å². The second-order valence-corrected chi connectivity index (χ2v) is 7.06. The van der Waals surface area contributed by atoms with E-state index in [9.17, 15) is 9.59 Å². The molecule has 0 bridgehead atoms. The molecular formula is C17H24N10O2. The largest absolute Gasteiger partial charge is 0.382 e. The highest BCUT2D eigenvalue weighted by atomic mass is 16.2. The molecule has 5 N–H and O–H groups in total. The zero-order valence-corrected chi connectivity index (χ0v) is 16.5. The van der Waals surface area contributed by atoms with E-state index in [2.05, 4.69) is 30.6 Å². The standard InChI is InChI=1S/C17H24N10O2/c1-4-27-15(23-13-14(19)20-8-21-16(13)27)11-6-26(25-24-11)7-12(28)22-17(29)10(18)5-9(2)3/h6,8-10H,4-5,7,18H2,1-3H3,(H2,19,20,21)(H,22,28,29)/t10-/m0/s1. The number of hydrogen-bond donors (Lipinski definition) is 3. The summed E-state index contributed by atoms with van der Waals surface area (Å²) in [6.07, 6.45) is 3.43. The Morgan fingerprint density at radius 2 is 2.03 bits per heavy atom. The summed E-state index contributed by atoms with van der Waals surface area (Å²) >= 11 is 0. The summed E-state index contributed by atoms with van der Waals surface area (Å²) in [4.78, 5) is 36.8. The van der Waals surface area contributed by atoms with E-state index < -0.39 is 17.9 Å². The number of nitrogens with one attached hydrogen (secondary N) is 1. The average Bonchev–Trinajstić information content (AvgIpc) is 3.25. The van der Waals surface area contributed by atoms with Gasteiger partial charge >= 0.3 is 0 Å². The molecule has 1 atom stereocenters. The van der Waals surface area contributed by atoms with Crippen molar-refractivity contribution in [1.29, 1.82) is 0 Å². The Kier molecular flexibility index (Phi) is 5.82. The number of aryl methyl sites for hydroxylation is 1. The summed E-state index contributed by atoms with van der Waals surface area (Å²) in [6, 6.07) is -0.735. The first-order valence-corrected chi connectivity index (χ1v) is 9.26. The van der Waals surface area contributed by atoms with Crippen LogP contribution in [0, 0.1) is 5.92 Å². The lowest BCUT2D eigenvalue weighted by molar-refractivity contribution is -0.131. The predicted molar refractivity (Wildman–Crippen MR) is 105 cm³/mol. The van der Waals surface area contributed by atoms with Crippen molar-refractivity contribution in [2.45, 2.75) is 46.3 Å². The molecule has 12 heteroatoms. The van der Waals surface area contributed by atoms with Crippen molar-refractivity contribution in [2.75, 3.05) is 5.73 Å². The van der Waals surface area contributed by atoms with Crippen molar-refractivity contribution in [3.05, 3.63) is 12.5 Å². The second-order valence-electron chi connectivity index (χ2n) is 7.06. The van der Waals surface area contributed by atoms with E-state index in [0.29, 0.717) is 35.6 Å². The number of imidazole rings is 1. The SMILES string of the molecule is CCn1c(-c2cn(CC(=O)NC(=O)[C@@H](N)CC(C)C)nn2)nc2c(N)ncnc21. The minimum atomic E-state index is -0.735. The number of nitrogens with zero attached hydrogens (tertiary/aromatic N) is 7. The number of amides is 2. The lowest BCUT2D eigenvalue weighted by Gasteiger charge is -2.13. The molecular weight excluding hydrogens is 376 g/mol. The van der Waals surface area contributed by atoms with E-state index in [1.807, 2.05) is 25.3 Å². The highest BCUT2D eigenvalue weighted by Gasteiger charge is 2.20. The summed E-state index contributed by atoms with van der Waals surface area (Å²) in [5.74, 6) is -0.00115. The number of imide groups is 1. The van der Waals surface area contributed by atoms with Gasteiger partial charge in [-0.05, 0) is 19.3 Å². The van der Waals surface area contributed by atoms with Crippen LogP contribution in [-0.2, 0) is 22.7 Å². The first kappa shape index (κ1) is 20.3. The number of fused-ring (bicyclic) bond motifs is 1. The van der Waals surface area contributed by atoms with Crippen molar-refractivity contribution in [1.82, 2.24) is 39.8 Å².